The Bertz CT molecular complexity index is 1220. The molecule has 0 amide bonds. The van der Waals surface area contributed by atoms with Crippen LogP contribution in [-0.2, 0) is 0 Å². The van der Waals surface area contributed by atoms with Crippen LogP contribution in [0.2, 0.25) is 10.0 Å². The second-order valence-electron chi connectivity index (χ2n) is 7.91. The number of rotatable bonds is 9. The fraction of sp³-hybridized carbons (Fsp3) is 0.280. The predicted molar refractivity (Wildman–Crippen MR) is 135 cm³/mol. The van der Waals surface area contributed by atoms with E-state index >= 15 is 0 Å². The standard InChI is InChI=1S/C25H26Cl2N4O/c1-17(30-22-8-10-28-23-15-18(26)4-6-20(22)23)3-2-12-31(13-14-32)25-9-11-29-24-16-19(27)5-7-21(24)25/h4-11,15-17,32H,2-3,12-14H2,1H3,(H,28,30). The van der Waals surface area contributed by atoms with Crippen molar-refractivity contribution in [1.29, 1.82) is 0 Å². The summed E-state index contributed by atoms with van der Waals surface area (Å²) >= 11 is 12.2. The van der Waals surface area contributed by atoms with E-state index in [9.17, 15) is 5.11 Å². The van der Waals surface area contributed by atoms with E-state index in [0.29, 0.717) is 16.6 Å². The summed E-state index contributed by atoms with van der Waals surface area (Å²) in [5, 5.41) is 16.7. The summed E-state index contributed by atoms with van der Waals surface area (Å²) < 4.78 is 0. The van der Waals surface area contributed by atoms with Gasteiger partial charge in [0, 0.05) is 63.7 Å². The van der Waals surface area contributed by atoms with E-state index in [1.807, 2.05) is 48.5 Å². The van der Waals surface area contributed by atoms with E-state index in [0.717, 1.165) is 52.6 Å². The molecule has 2 N–H and O–H groups in total. The maximum absolute atomic E-state index is 9.63. The maximum Gasteiger partial charge on any atom is 0.0737 e. The number of anilines is 2. The van der Waals surface area contributed by atoms with Crippen molar-refractivity contribution in [2.75, 3.05) is 29.9 Å². The van der Waals surface area contributed by atoms with E-state index in [1.54, 1.807) is 12.4 Å². The van der Waals surface area contributed by atoms with Gasteiger partial charge in [-0.3, -0.25) is 9.97 Å². The molecule has 1 atom stereocenters. The highest BCUT2D eigenvalue weighted by molar-refractivity contribution is 6.31. The Morgan fingerprint density at radius 2 is 1.56 bits per heavy atom. The van der Waals surface area contributed by atoms with Crippen molar-refractivity contribution in [2.45, 2.75) is 25.8 Å². The van der Waals surface area contributed by atoms with Gasteiger partial charge in [0.15, 0.2) is 0 Å². The van der Waals surface area contributed by atoms with Crippen molar-refractivity contribution in [3.8, 4) is 0 Å². The smallest absolute Gasteiger partial charge is 0.0737 e. The van der Waals surface area contributed by atoms with E-state index in [1.165, 1.54) is 0 Å². The van der Waals surface area contributed by atoms with Gasteiger partial charge in [-0.1, -0.05) is 23.2 Å². The van der Waals surface area contributed by atoms with Crippen molar-refractivity contribution < 1.29 is 5.11 Å². The van der Waals surface area contributed by atoms with Gasteiger partial charge in [-0.2, -0.15) is 0 Å². The number of fused-ring (bicyclic) bond motifs is 2. The zero-order valence-electron chi connectivity index (χ0n) is 17.9. The minimum atomic E-state index is 0.0940. The second-order valence-corrected chi connectivity index (χ2v) is 8.78. The number of nitrogens with zero attached hydrogens (tertiary/aromatic N) is 3. The zero-order valence-corrected chi connectivity index (χ0v) is 19.4. The summed E-state index contributed by atoms with van der Waals surface area (Å²) in [5.74, 6) is 0. The topological polar surface area (TPSA) is 61.3 Å². The Morgan fingerprint density at radius 3 is 2.28 bits per heavy atom. The third-order valence-electron chi connectivity index (χ3n) is 5.56. The quantitative estimate of drug-likeness (QED) is 0.307. The lowest BCUT2D eigenvalue weighted by Gasteiger charge is -2.26. The first-order valence-electron chi connectivity index (χ1n) is 10.8. The van der Waals surface area contributed by atoms with E-state index in [4.69, 9.17) is 23.2 Å². The minimum Gasteiger partial charge on any atom is -0.395 e. The molecule has 0 radical (unpaired) electrons. The third-order valence-corrected chi connectivity index (χ3v) is 6.03. The highest BCUT2D eigenvalue weighted by Gasteiger charge is 2.12. The lowest BCUT2D eigenvalue weighted by molar-refractivity contribution is 0.301. The number of pyridine rings is 2. The monoisotopic (exact) mass is 468 g/mol. The Labute approximate surface area is 198 Å². The predicted octanol–water partition coefficient (Wildman–Crippen LogP) is 6.17. The van der Waals surface area contributed by atoms with Crippen molar-refractivity contribution in [2.24, 2.45) is 0 Å². The van der Waals surface area contributed by atoms with Crippen LogP contribution in [0.5, 0.6) is 0 Å². The summed E-state index contributed by atoms with van der Waals surface area (Å²) in [4.78, 5) is 11.1. The molecule has 7 heteroatoms. The van der Waals surface area contributed by atoms with Gasteiger partial charge in [0.25, 0.3) is 0 Å². The summed E-state index contributed by atoms with van der Waals surface area (Å²) in [7, 11) is 0. The van der Waals surface area contributed by atoms with Crippen molar-refractivity contribution >= 4 is 56.4 Å². The largest absolute Gasteiger partial charge is 0.395 e. The van der Waals surface area contributed by atoms with Crippen molar-refractivity contribution in [1.82, 2.24) is 9.97 Å². The average molecular weight is 469 g/mol. The molecule has 1 unspecified atom stereocenters. The number of aliphatic hydroxyl groups is 1. The molecular formula is C25H26Cl2N4O. The Morgan fingerprint density at radius 1 is 0.906 bits per heavy atom. The summed E-state index contributed by atoms with van der Waals surface area (Å²) in [6, 6.07) is 15.8. The SMILES string of the molecule is CC(CCCN(CCO)c1ccnc2cc(Cl)ccc12)Nc1ccnc2cc(Cl)ccc12. The van der Waals surface area contributed by atoms with Crippen LogP contribution >= 0.6 is 23.2 Å². The van der Waals surface area contributed by atoms with E-state index in [2.05, 4.69) is 27.1 Å². The van der Waals surface area contributed by atoms with Gasteiger partial charge in [0.1, 0.15) is 0 Å². The van der Waals surface area contributed by atoms with Gasteiger partial charge in [-0.25, -0.2) is 0 Å². The van der Waals surface area contributed by atoms with Gasteiger partial charge in [-0.15, -0.1) is 0 Å². The molecule has 32 heavy (non-hydrogen) atoms. The Balaban J connectivity index is 1.42. The molecule has 2 aromatic carbocycles. The molecule has 166 valence electrons. The maximum atomic E-state index is 9.63. The van der Waals surface area contributed by atoms with Crippen LogP contribution in [0.25, 0.3) is 21.8 Å². The van der Waals surface area contributed by atoms with Crippen LogP contribution in [0.4, 0.5) is 11.4 Å². The molecule has 0 aliphatic rings. The fourth-order valence-electron chi connectivity index (χ4n) is 4.03. The van der Waals surface area contributed by atoms with Gasteiger partial charge in [0.05, 0.1) is 17.6 Å². The van der Waals surface area contributed by atoms with Crippen LogP contribution < -0.4 is 10.2 Å². The van der Waals surface area contributed by atoms with Gasteiger partial charge in [0.2, 0.25) is 0 Å². The molecule has 4 aromatic rings. The first-order chi connectivity index (χ1) is 15.5. The third kappa shape index (κ3) is 5.23. The lowest BCUT2D eigenvalue weighted by Crippen LogP contribution is -2.29. The summed E-state index contributed by atoms with van der Waals surface area (Å²) in [6.07, 6.45) is 5.55. The first-order valence-corrected chi connectivity index (χ1v) is 11.5. The lowest BCUT2D eigenvalue weighted by atomic mass is 10.1. The summed E-state index contributed by atoms with van der Waals surface area (Å²) in [6.45, 7) is 3.68. The van der Waals surface area contributed by atoms with Crippen LogP contribution in [0.1, 0.15) is 19.8 Å². The first kappa shape index (κ1) is 22.6. The van der Waals surface area contributed by atoms with Crippen LogP contribution in [0.3, 0.4) is 0 Å². The van der Waals surface area contributed by atoms with Gasteiger partial charge in [-0.05, 0) is 68.3 Å². The highest BCUT2D eigenvalue weighted by Crippen LogP contribution is 2.28. The molecule has 0 bridgehead atoms. The number of hydrogen-bond donors (Lipinski definition) is 2. The molecule has 0 aliphatic carbocycles. The number of benzene rings is 2. The van der Waals surface area contributed by atoms with Crippen LogP contribution in [0.15, 0.2) is 60.9 Å². The molecule has 0 saturated heterocycles. The molecule has 0 spiro atoms. The number of aromatic nitrogens is 2. The zero-order chi connectivity index (χ0) is 22.5. The number of hydrogen-bond acceptors (Lipinski definition) is 5. The van der Waals surface area contributed by atoms with Crippen LogP contribution in [-0.4, -0.2) is 40.8 Å². The molecule has 2 aromatic heterocycles. The second kappa shape index (κ2) is 10.3. The van der Waals surface area contributed by atoms with E-state index < -0.39 is 0 Å². The molecule has 5 nitrogen and oxygen atoms in total. The Kier molecular flexibility index (Phi) is 7.30. The molecule has 0 aliphatic heterocycles. The normalized spacial score (nSPS) is 12.2. The van der Waals surface area contributed by atoms with Gasteiger partial charge >= 0.3 is 0 Å². The molecule has 0 saturated carbocycles. The summed E-state index contributed by atoms with van der Waals surface area (Å²) in [5.41, 5.74) is 3.87. The average Bonchev–Trinajstić information content (AvgIpc) is 2.78. The van der Waals surface area contributed by atoms with Crippen molar-refractivity contribution in [3.05, 3.63) is 71.0 Å². The number of aliphatic hydroxyl groups excluding tert-OH is 1. The number of nitrogens with one attached hydrogen (secondary N) is 1. The van der Waals surface area contributed by atoms with Crippen molar-refractivity contribution in [3.63, 3.8) is 0 Å². The molecule has 4 rings (SSSR count). The fourth-order valence-corrected chi connectivity index (χ4v) is 4.36. The molecule has 2 heterocycles. The minimum absolute atomic E-state index is 0.0940. The number of halogens is 2. The molecule has 0 fully saturated rings. The molecular weight excluding hydrogens is 443 g/mol. The highest BCUT2D eigenvalue weighted by atomic mass is 35.5. The van der Waals surface area contributed by atoms with Gasteiger partial charge < -0.3 is 15.3 Å². The Hall–Kier alpha value is -2.60. The van der Waals surface area contributed by atoms with Crippen LogP contribution in [0, 0.1) is 0 Å². The van der Waals surface area contributed by atoms with E-state index in [-0.39, 0.29) is 12.6 Å².